The van der Waals surface area contributed by atoms with Gasteiger partial charge in [-0.2, -0.15) is 8.78 Å². The van der Waals surface area contributed by atoms with Crippen molar-refractivity contribution in [3.63, 3.8) is 0 Å². The van der Waals surface area contributed by atoms with Crippen molar-refractivity contribution in [2.75, 3.05) is 5.32 Å². The van der Waals surface area contributed by atoms with Gasteiger partial charge in [-0.25, -0.2) is 0 Å². The number of halogens is 3. The summed E-state index contributed by atoms with van der Waals surface area (Å²) in [4.78, 5) is 9.84. The quantitative estimate of drug-likeness (QED) is 0.246. The van der Waals surface area contributed by atoms with Crippen molar-refractivity contribution in [2.24, 2.45) is 0 Å². The Morgan fingerprint density at radius 3 is 2.63 bits per heavy atom. The van der Waals surface area contributed by atoms with E-state index in [1.165, 1.54) is 0 Å². The Morgan fingerprint density at radius 1 is 1.58 bits per heavy atom. The van der Waals surface area contributed by atoms with Crippen LogP contribution < -0.4 is 29.2 Å². The zero-order chi connectivity index (χ0) is 13.7. The van der Waals surface area contributed by atoms with E-state index in [0.717, 1.165) is 12.1 Å². The van der Waals surface area contributed by atoms with Gasteiger partial charge in [0.15, 0.2) is 11.4 Å². The van der Waals surface area contributed by atoms with Crippen LogP contribution in [0.5, 0.6) is 0 Å². The number of quaternary nitrogens is 1. The molecule has 0 bridgehead atoms. The molecule has 0 amide bonds. The van der Waals surface area contributed by atoms with Gasteiger partial charge in [-0.1, -0.05) is 11.6 Å². The number of hydrogen-bond donors (Lipinski definition) is 3. The molecular weight excluding hydrogens is 282 g/mol. The third-order valence-corrected chi connectivity index (χ3v) is 2.72. The fraction of sp³-hybridized carbons (Fsp3) is 0.250. The Labute approximate surface area is 123 Å². The third-order valence-electron chi connectivity index (χ3n) is 2.50. The van der Waals surface area contributed by atoms with E-state index in [2.05, 4.69) is 0 Å². The molecule has 1 aromatic rings. The molecule has 11 heteroatoms. The molecule has 3 N–H and O–H groups in total. The van der Waals surface area contributed by atoms with Crippen LogP contribution in [0.15, 0.2) is 12.1 Å². The van der Waals surface area contributed by atoms with E-state index in [0.29, 0.717) is 0 Å². The first-order valence-electron chi connectivity index (χ1n) is 4.59. The van der Waals surface area contributed by atoms with Gasteiger partial charge in [-0.05, 0) is 0 Å². The number of hydroxylamine groups is 1. The van der Waals surface area contributed by atoms with E-state index in [9.17, 15) is 29.2 Å². The summed E-state index contributed by atoms with van der Waals surface area (Å²) in [5.41, 5.74) is -1.54. The molecular formula is C8H7ClF2LiN3O4. The second kappa shape index (κ2) is 5.20. The summed E-state index contributed by atoms with van der Waals surface area (Å²) in [7, 11) is 0. The van der Waals surface area contributed by atoms with Crippen molar-refractivity contribution >= 4 is 28.7 Å². The fourth-order valence-corrected chi connectivity index (χ4v) is 1.87. The van der Waals surface area contributed by atoms with Gasteiger partial charge in [0, 0.05) is 12.1 Å². The number of rotatable bonds is 2. The van der Waals surface area contributed by atoms with Gasteiger partial charge in [0.2, 0.25) is 0 Å². The summed E-state index contributed by atoms with van der Waals surface area (Å²) in [5, 5.41) is 32.1. The Morgan fingerprint density at radius 2 is 2.16 bits per heavy atom. The SMILES string of the molecule is O=[N+]([O-])c1cc(Cl)cc2c1NC(O)(C(F)F)[NH+]2[O-].[H-].[Li+]. The summed E-state index contributed by atoms with van der Waals surface area (Å²) in [6, 6.07) is 1.89. The van der Waals surface area contributed by atoms with Gasteiger partial charge >= 0.3 is 31.1 Å². The van der Waals surface area contributed by atoms with Crippen molar-refractivity contribution in [1.29, 1.82) is 0 Å². The normalized spacial score (nSPS) is 24.6. The van der Waals surface area contributed by atoms with Crippen LogP contribution in [0, 0.1) is 15.3 Å². The molecule has 19 heavy (non-hydrogen) atoms. The first-order valence-corrected chi connectivity index (χ1v) is 4.96. The van der Waals surface area contributed by atoms with Crippen molar-refractivity contribution in [1.82, 2.24) is 0 Å². The van der Waals surface area contributed by atoms with Gasteiger partial charge in [-0.15, -0.1) is 0 Å². The monoisotopic (exact) mass is 289 g/mol. The predicted molar refractivity (Wildman–Crippen MR) is 57.8 cm³/mol. The average molecular weight is 290 g/mol. The first kappa shape index (κ1) is 16.1. The molecule has 1 heterocycles. The van der Waals surface area contributed by atoms with Gasteiger partial charge in [0.05, 0.1) is 9.95 Å². The minimum absolute atomic E-state index is 0. The maximum absolute atomic E-state index is 12.6. The molecule has 0 aliphatic carbocycles. The van der Waals surface area contributed by atoms with Crippen LogP contribution in [0.1, 0.15) is 1.43 Å². The van der Waals surface area contributed by atoms with Crippen LogP contribution in [-0.2, 0) is 0 Å². The predicted octanol–water partition coefficient (Wildman–Crippen LogP) is -2.28. The third kappa shape index (κ3) is 2.41. The molecule has 0 fully saturated rings. The van der Waals surface area contributed by atoms with Crippen LogP contribution >= 0.6 is 11.6 Å². The summed E-state index contributed by atoms with van der Waals surface area (Å²) in [5.74, 6) is -3.15. The van der Waals surface area contributed by atoms with Crippen LogP contribution in [0.2, 0.25) is 5.02 Å². The topological polar surface area (TPSA) is 103 Å². The molecule has 0 aromatic heterocycles. The summed E-state index contributed by atoms with van der Waals surface area (Å²) in [6.45, 7) is 0. The van der Waals surface area contributed by atoms with E-state index < -0.39 is 39.3 Å². The number of nitro groups is 1. The Balaban J connectivity index is 0.00000180. The summed E-state index contributed by atoms with van der Waals surface area (Å²) in [6.07, 6.45) is -3.43. The molecule has 1 aliphatic rings. The standard InChI is InChI=1S/C8H6ClF2N3O4.Li.H/c9-3-1-4-6(5(2-3)14(17)18)12-8(15,7(10)11)13(4)16;;/h1-2,7,12-13,15H;;/q;+1;-1. The molecule has 2 unspecified atom stereocenters. The van der Waals surface area contributed by atoms with Crippen LogP contribution in [0.25, 0.3) is 0 Å². The molecule has 100 valence electrons. The summed E-state index contributed by atoms with van der Waals surface area (Å²) < 4.78 is 25.3. The number of fused-ring (bicyclic) bond motifs is 1. The number of aliphatic hydroxyl groups is 1. The smallest absolute Gasteiger partial charge is 1.00 e. The van der Waals surface area contributed by atoms with Gasteiger partial charge in [0.25, 0.3) is 5.69 Å². The first-order chi connectivity index (χ1) is 8.27. The Bertz CT molecular complexity index is 541. The molecule has 7 nitrogen and oxygen atoms in total. The Kier molecular flexibility index (Phi) is 4.41. The zero-order valence-corrected chi connectivity index (χ0v) is 10.2. The van der Waals surface area contributed by atoms with Crippen molar-refractivity contribution in [2.45, 2.75) is 12.3 Å². The van der Waals surface area contributed by atoms with Gasteiger partial charge in [-0.3, -0.25) is 20.5 Å². The fourth-order valence-electron chi connectivity index (χ4n) is 1.65. The maximum Gasteiger partial charge on any atom is 1.00 e. The number of nitrogens with zero attached hydrogens (tertiary/aromatic N) is 1. The molecule has 0 saturated carbocycles. The van der Waals surface area contributed by atoms with Crippen molar-refractivity contribution < 1.29 is 44.2 Å². The number of alkyl halides is 2. The number of nitro benzene ring substituents is 1. The van der Waals surface area contributed by atoms with E-state index in [1.54, 1.807) is 5.32 Å². The maximum atomic E-state index is 12.6. The zero-order valence-electron chi connectivity index (χ0n) is 10.5. The Hall–Kier alpha value is -0.953. The van der Waals surface area contributed by atoms with Gasteiger partial charge < -0.3 is 11.7 Å². The van der Waals surface area contributed by atoms with E-state index >= 15 is 0 Å². The summed E-state index contributed by atoms with van der Waals surface area (Å²) >= 11 is 5.56. The minimum Gasteiger partial charge on any atom is -1.00 e. The van der Waals surface area contributed by atoms with E-state index in [-0.39, 0.29) is 25.3 Å². The van der Waals surface area contributed by atoms with E-state index in [4.69, 9.17) is 11.6 Å². The molecule has 1 aliphatic heterocycles. The van der Waals surface area contributed by atoms with Crippen LogP contribution in [0.3, 0.4) is 0 Å². The number of nitrogens with one attached hydrogen (secondary N) is 2. The van der Waals surface area contributed by atoms with Crippen molar-refractivity contribution in [3.8, 4) is 0 Å². The molecule has 2 rings (SSSR count). The largest absolute Gasteiger partial charge is 1.00 e. The molecule has 0 radical (unpaired) electrons. The molecule has 0 saturated heterocycles. The average Bonchev–Trinajstić information content (AvgIpc) is 2.53. The number of anilines is 1. The minimum atomic E-state index is -3.43. The second-order valence-corrected chi connectivity index (χ2v) is 4.06. The number of hydrogen-bond acceptors (Lipinski definition) is 5. The van der Waals surface area contributed by atoms with Crippen LogP contribution in [0.4, 0.5) is 25.8 Å². The van der Waals surface area contributed by atoms with Gasteiger partial charge in [0.1, 0.15) is 0 Å². The molecule has 0 spiro atoms. The molecule has 1 aromatic carbocycles. The number of benzene rings is 1. The van der Waals surface area contributed by atoms with E-state index in [1.807, 2.05) is 0 Å². The second-order valence-electron chi connectivity index (χ2n) is 3.63. The van der Waals surface area contributed by atoms with Crippen LogP contribution in [-0.4, -0.2) is 22.3 Å². The molecule has 2 atom stereocenters. The van der Waals surface area contributed by atoms with Crippen molar-refractivity contribution in [3.05, 3.63) is 32.5 Å².